The number of thiophene rings is 1. The maximum atomic E-state index is 2.44. The van der Waals surface area contributed by atoms with Crippen molar-refractivity contribution in [1.29, 1.82) is 0 Å². The van der Waals surface area contributed by atoms with Gasteiger partial charge in [0.15, 0.2) is 0 Å². The number of hydrogen-bond donors (Lipinski definition) is 0. The fourth-order valence-electron chi connectivity index (χ4n) is 10.1. The zero-order chi connectivity index (χ0) is 42.8. The van der Waals surface area contributed by atoms with E-state index < -0.39 is 0 Å². The summed E-state index contributed by atoms with van der Waals surface area (Å²) >= 11 is 1.93. The van der Waals surface area contributed by atoms with Crippen molar-refractivity contribution in [3.8, 4) is 11.4 Å². The van der Waals surface area contributed by atoms with Crippen molar-refractivity contribution in [1.82, 2.24) is 9.13 Å². The van der Waals surface area contributed by atoms with E-state index in [2.05, 4.69) is 262 Å². The minimum absolute atomic E-state index is 1.11. The maximum absolute atomic E-state index is 2.44. The topological polar surface area (TPSA) is 16.3 Å². The van der Waals surface area contributed by atoms with Gasteiger partial charge in [0, 0.05) is 87.2 Å². The monoisotopic (exact) mass is 848 g/mol. The summed E-state index contributed by atoms with van der Waals surface area (Å²) in [6.45, 7) is 0. The van der Waals surface area contributed by atoms with Crippen LogP contribution in [0.15, 0.2) is 243 Å². The van der Waals surface area contributed by atoms with Crippen LogP contribution in [0.1, 0.15) is 0 Å². The van der Waals surface area contributed by atoms with E-state index in [4.69, 9.17) is 0 Å². The highest BCUT2D eigenvalue weighted by Crippen LogP contribution is 2.49. The van der Waals surface area contributed by atoms with Crippen molar-refractivity contribution in [3.63, 3.8) is 0 Å². The highest BCUT2D eigenvalue weighted by molar-refractivity contribution is 7.27. The molecule has 4 nitrogen and oxygen atoms in total. The van der Waals surface area contributed by atoms with Crippen LogP contribution in [-0.4, -0.2) is 9.13 Å². The minimum Gasteiger partial charge on any atom is -0.310 e. The molecule has 0 N–H and O–H groups in total. The lowest BCUT2D eigenvalue weighted by molar-refractivity contribution is 1.18. The van der Waals surface area contributed by atoms with Crippen LogP contribution in [0.4, 0.5) is 34.1 Å². The molecule has 0 atom stereocenters. The number of benzene rings is 10. The van der Waals surface area contributed by atoms with E-state index in [1.165, 1.54) is 63.8 Å². The SMILES string of the molecule is c1ccc(N(c2ccccc2)c2ccc3c(c2)c2c4sc5c(ccc6c5c5cc(N(c7ccccc7)c7ccccc7)ccc5n6-c5ccccc5)c4ccc2n3-c2ccccc2)cc1. The smallest absolute Gasteiger partial charge is 0.0555 e. The summed E-state index contributed by atoms with van der Waals surface area (Å²) in [4.78, 5) is 4.73. The molecule has 10 aromatic carbocycles. The van der Waals surface area contributed by atoms with E-state index in [0.29, 0.717) is 0 Å². The Morgan fingerprint density at radius 3 is 0.908 bits per heavy atom. The van der Waals surface area contributed by atoms with E-state index in [9.17, 15) is 0 Å². The molecule has 0 aliphatic carbocycles. The summed E-state index contributed by atoms with van der Waals surface area (Å²) in [5, 5.41) is 7.53. The molecular weight excluding hydrogens is 809 g/mol. The lowest BCUT2D eigenvalue weighted by Crippen LogP contribution is -2.09. The van der Waals surface area contributed by atoms with Crippen molar-refractivity contribution in [2.45, 2.75) is 0 Å². The van der Waals surface area contributed by atoms with Gasteiger partial charge in [0.2, 0.25) is 0 Å². The predicted octanol–water partition coefficient (Wildman–Crippen LogP) is 17.2. The molecule has 0 radical (unpaired) electrons. The van der Waals surface area contributed by atoms with Gasteiger partial charge < -0.3 is 18.9 Å². The molecule has 13 rings (SSSR count). The van der Waals surface area contributed by atoms with Crippen molar-refractivity contribution in [2.75, 3.05) is 9.80 Å². The van der Waals surface area contributed by atoms with Gasteiger partial charge in [-0.3, -0.25) is 0 Å². The molecule has 65 heavy (non-hydrogen) atoms. The van der Waals surface area contributed by atoms with E-state index in [0.717, 1.165) is 45.5 Å². The van der Waals surface area contributed by atoms with Gasteiger partial charge in [-0.25, -0.2) is 0 Å². The second-order valence-electron chi connectivity index (χ2n) is 16.5. The predicted molar refractivity (Wildman–Crippen MR) is 277 cm³/mol. The summed E-state index contributed by atoms with van der Waals surface area (Å²) in [5.74, 6) is 0. The van der Waals surface area contributed by atoms with Crippen LogP contribution in [0.2, 0.25) is 0 Å². The van der Waals surface area contributed by atoms with E-state index in [1.54, 1.807) is 0 Å². The molecule has 3 heterocycles. The van der Waals surface area contributed by atoms with Crippen LogP contribution in [0.5, 0.6) is 0 Å². The number of nitrogens with zero attached hydrogens (tertiary/aromatic N) is 4. The first-order valence-electron chi connectivity index (χ1n) is 22.1. The van der Waals surface area contributed by atoms with Gasteiger partial charge in [-0.15, -0.1) is 11.3 Å². The molecule has 0 aliphatic rings. The lowest BCUT2D eigenvalue weighted by atomic mass is 10.0. The first-order chi connectivity index (χ1) is 32.3. The molecule has 0 unspecified atom stereocenters. The molecule has 0 bridgehead atoms. The van der Waals surface area contributed by atoms with Crippen LogP contribution in [0.25, 0.3) is 75.2 Å². The maximum Gasteiger partial charge on any atom is 0.0555 e. The fraction of sp³-hybridized carbons (Fsp3) is 0. The Kier molecular flexibility index (Phi) is 8.68. The third-order valence-electron chi connectivity index (χ3n) is 12.8. The summed E-state index contributed by atoms with van der Waals surface area (Å²) in [6.07, 6.45) is 0. The number of aromatic nitrogens is 2. The van der Waals surface area contributed by atoms with Crippen LogP contribution in [0.3, 0.4) is 0 Å². The summed E-state index contributed by atoms with van der Waals surface area (Å²) in [6, 6.07) is 87.8. The number of hydrogen-bond acceptors (Lipinski definition) is 3. The number of rotatable bonds is 8. The Labute approximate surface area is 380 Å². The third kappa shape index (κ3) is 5.97. The molecular formula is C60H40N4S. The molecule has 5 heteroatoms. The summed E-state index contributed by atoms with van der Waals surface area (Å²) in [7, 11) is 0. The van der Waals surface area contributed by atoms with Gasteiger partial charge in [0.1, 0.15) is 0 Å². The molecule has 0 fully saturated rings. The van der Waals surface area contributed by atoms with E-state index >= 15 is 0 Å². The average Bonchev–Trinajstić information content (AvgIpc) is 4.03. The second kappa shape index (κ2) is 15.2. The van der Waals surface area contributed by atoms with Gasteiger partial charge in [-0.05, 0) is 121 Å². The first-order valence-corrected chi connectivity index (χ1v) is 22.9. The van der Waals surface area contributed by atoms with Crippen LogP contribution < -0.4 is 9.80 Å². The highest BCUT2D eigenvalue weighted by Gasteiger charge is 2.24. The quantitative estimate of drug-likeness (QED) is 0.151. The Hall–Kier alpha value is -8.38. The lowest BCUT2D eigenvalue weighted by Gasteiger charge is -2.25. The van der Waals surface area contributed by atoms with Gasteiger partial charge in [0.25, 0.3) is 0 Å². The van der Waals surface area contributed by atoms with Crippen LogP contribution in [0, 0.1) is 0 Å². The minimum atomic E-state index is 1.11. The number of fused-ring (bicyclic) bond motifs is 11. The fourth-order valence-corrected chi connectivity index (χ4v) is 11.5. The summed E-state index contributed by atoms with van der Waals surface area (Å²) < 4.78 is 7.47. The molecule has 0 amide bonds. The standard InChI is InChI=1S/C60H40N4S/c1-7-19-41(20-8-1)61(42-21-9-2-10-22-42)47-31-35-53-51(39-47)57-55(63(53)45-27-15-5-16-28-45)37-33-49-50-34-38-56-58(60(50)65-59(49)57)52-40-48(32-36-54(52)64(56)46-29-17-6-18-30-46)62(43-23-11-3-12-24-43)44-25-13-4-14-26-44/h1-40H. The van der Waals surface area contributed by atoms with Crippen molar-refractivity contribution in [2.24, 2.45) is 0 Å². The normalized spacial score (nSPS) is 11.7. The molecule has 0 aliphatic heterocycles. The van der Waals surface area contributed by atoms with Gasteiger partial charge in [-0.2, -0.15) is 0 Å². The zero-order valence-electron chi connectivity index (χ0n) is 35.3. The number of anilines is 6. The van der Waals surface area contributed by atoms with Gasteiger partial charge >= 0.3 is 0 Å². The van der Waals surface area contributed by atoms with Crippen LogP contribution >= 0.6 is 11.3 Å². The Morgan fingerprint density at radius 2 is 0.569 bits per heavy atom. The highest BCUT2D eigenvalue weighted by atomic mass is 32.1. The third-order valence-corrected chi connectivity index (χ3v) is 14.1. The van der Waals surface area contributed by atoms with E-state index in [1.807, 2.05) is 11.3 Å². The van der Waals surface area contributed by atoms with Crippen LogP contribution in [-0.2, 0) is 0 Å². The molecule has 13 aromatic rings. The second-order valence-corrected chi connectivity index (χ2v) is 17.6. The Bertz CT molecular complexity index is 3530. The largest absolute Gasteiger partial charge is 0.310 e. The zero-order valence-corrected chi connectivity index (χ0v) is 36.1. The number of para-hydroxylation sites is 6. The van der Waals surface area contributed by atoms with Crippen molar-refractivity contribution >= 4 is 109 Å². The average molecular weight is 849 g/mol. The molecule has 306 valence electrons. The molecule has 3 aromatic heterocycles. The summed E-state index contributed by atoms with van der Waals surface area (Å²) in [5.41, 5.74) is 13.7. The van der Waals surface area contributed by atoms with Crippen molar-refractivity contribution in [3.05, 3.63) is 243 Å². The van der Waals surface area contributed by atoms with E-state index in [-0.39, 0.29) is 0 Å². The first kappa shape index (κ1) is 37.2. The van der Waals surface area contributed by atoms with Gasteiger partial charge in [0.05, 0.1) is 22.1 Å². The van der Waals surface area contributed by atoms with Crippen molar-refractivity contribution < 1.29 is 0 Å². The molecule has 0 saturated carbocycles. The molecule has 0 saturated heterocycles. The Morgan fingerprint density at radius 1 is 0.262 bits per heavy atom. The molecule has 0 spiro atoms. The Balaban J connectivity index is 1.12. The van der Waals surface area contributed by atoms with Gasteiger partial charge in [-0.1, -0.05) is 121 Å².